The number of halogens is 1. The van der Waals surface area contributed by atoms with Gasteiger partial charge in [-0.3, -0.25) is 4.55 Å². The van der Waals surface area contributed by atoms with Crippen molar-refractivity contribution in [3.63, 3.8) is 0 Å². The van der Waals surface area contributed by atoms with E-state index in [9.17, 15) is 8.42 Å². The van der Waals surface area contributed by atoms with E-state index >= 15 is 0 Å². The van der Waals surface area contributed by atoms with Gasteiger partial charge in [-0.2, -0.15) is 8.42 Å². The number of guanidine groups is 1. The molecule has 0 unspecified atom stereocenters. The summed E-state index contributed by atoms with van der Waals surface area (Å²) in [4.78, 5) is 4.14. The summed E-state index contributed by atoms with van der Waals surface area (Å²) in [6.07, 6.45) is 0. The summed E-state index contributed by atoms with van der Waals surface area (Å²) in [5.74, 6) is 0.386. The van der Waals surface area contributed by atoms with Crippen molar-refractivity contribution in [1.82, 2.24) is 0 Å². The fraction of sp³-hybridized carbons (Fsp3) is 0. The minimum absolute atomic E-state index is 0.0966. The number of hydrogen-bond acceptors (Lipinski definition) is 3. The van der Waals surface area contributed by atoms with E-state index in [1.807, 2.05) is 60.7 Å². The van der Waals surface area contributed by atoms with Gasteiger partial charge in [0.2, 0.25) is 0 Å². The standard InChI is InChI=1S/C13H13N3.C6H5BrO3S/c14-13(15-11-7-3-1-4-8-11)16-12-9-5-2-6-10-12;7-5-1-3-6(4-2-5)11(8,9)10/h1-10H,(H3,14,15,16);1-4H,(H,8,9,10). The van der Waals surface area contributed by atoms with Crippen LogP contribution < -0.4 is 11.1 Å². The number of nitrogens with two attached hydrogens (primary N) is 1. The fourth-order valence-corrected chi connectivity index (χ4v) is 2.69. The third kappa shape index (κ3) is 7.61. The molecule has 6 nitrogen and oxygen atoms in total. The Labute approximate surface area is 166 Å². The highest BCUT2D eigenvalue weighted by atomic mass is 79.9. The SMILES string of the molecule is NC(=Nc1ccccc1)Nc1ccccc1.O=S(=O)(O)c1ccc(Br)cc1. The molecule has 0 atom stereocenters. The van der Waals surface area contributed by atoms with E-state index in [0.29, 0.717) is 5.96 Å². The fourth-order valence-electron chi connectivity index (χ4n) is 1.95. The molecule has 0 spiro atoms. The summed E-state index contributed by atoms with van der Waals surface area (Å²) in [7, 11) is -4.04. The van der Waals surface area contributed by atoms with Crippen molar-refractivity contribution < 1.29 is 13.0 Å². The molecule has 0 aromatic heterocycles. The van der Waals surface area contributed by atoms with Crippen molar-refractivity contribution in [2.45, 2.75) is 4.90 Å². The van der Waals surface area contributed by atoms with Crippen LogP contribution in [0.25, 0.3) is 0 Å². The lowest BCUT2D eigenvalue weighted by atomic mass is 10.3. The predicted octanol–water partition coefficient (Wildman–Crippen LogP) is 4.44. The van der Waals surface area contributed by atoms with E-state index in [1.54, 1.807) is 12.1 Å². The molecule has 0 aliphatic rings. The molecule has 3 rings (SSSR count). The normalized spacial score (nSPS) is 11.3. The average Bonchev–Trinajstić information content (AvgIpc) is 2.63. The van der Waals surface area contributed by atoms with Crippen molar-refractivity contribution >= 4 is 43.4 Å². The molecule has 0 heterocycles. The summed E-state index contributed by atoms with van der Waals surface area (Å²) in [5, 5.41) is 3.02. The highest BCUT2D eigenvalue weighted by Gasteiger charge is 2.07. The van der Waals surface area contributed by atoms with Gasteiger partial charge >= 0.3 is 0 Å². The Bertz CT molecular complexity index is 978. The van der Waals surface area contributed by atoms with Gasteiger partial charge in [0.25, 0.3) is 10.1 Å². The van der Waals surface area contributed by atoms with Crippen molar-refractivity contribution in [2.24, 2.45) is 10.7 Å². The molecule has 0 aliphatic carbocycles. The zero-order valence-electron chi connectivity index (χ0n) is 14.2. The molecule has 3 aromatic rings. The largest absolute Gasteiger partial charge is 0.369 e. The molecule has 4 N–H and O–H groups in total. The Hall–Kier alpha value is -2.68. The molecule has 0 bridgehead atoms. The van der Waals surface area contributed by atoms with Gasteiger partial charge in [0.1, 0.15) is 0 Å². The van der Waals surface area contributed by atoms with Crippen molar-refractivity contribution in [3.05, 3.63) is 89.4 Å². The molecular weight excluding hydrogens is 430 g/mol. The molecule has 0 aliphatic heterocycles. The third-order valence-corrected chi connectivity index (χ3v) is 4.56. The Morgan fingerprint density at radius 2 is 1.41 bits per heavy atom. The van der Waals surface area contributed by atoms with Gasteiger partial charge in [0.05, 0.1) is 10.6 Å². The first-order chi connectivity index (χ1) is 12.8. The first-order valence-corrected chi connectivity index (χ1v) is 10.0. The van der Waals surface area contributed by atoms with Crippen LogP contribution >= 0.6 is 15.9 Å². The van der Waals surface area contributed by atoms with Crippen LogP contribution in [0.4, 0.5) is 11.4 Å². The van der Waals surface area contributed by atoms with E-state index in [0.717, 1.165) is 15.8 Å². The molecular formula is C19H18BrN3O3S. The second kappa shape index (κ2) is 9.86. The van der Waals surface area contributed by atoms with Crippen LogP contribution in [-0.4, -0.2) is 18.9 Å². The van der Waals surface area contributed by atoms with E-state index in [-0.39, 0.29) is 4.90 Å². The quantitative estimate of drug-likeness (QED) is 0.312. The molecule has 8 heteroatoms. The monoisotopic (exact) mass is 447 g/mol. The van der Waals surface area contributed by atoms with E-state index < -0.39 is 10.1 Å². The van der Waals surface area contributed by atoms with E-state index in [2.05, 4.69) is 26.2 Å². The molecule has 0 amide bonds. The minimum atomic E-state index is -4.04. The number of para-hydroxylation sites is 2. The lowest BCUT2D eigenvalue weighted by Gasteiger charge is -2.04. The molecule has 3 aromatic carbocycles. The molecule has 140 valence electrons. The van der Waals surface area contributed by atoms with Crippen molar-refractivity contribution in [3.8, 4) is 0 Å². The lowest BCUT2D eigenvalue weighted by molar-refractivity contribution is 0.483. The first kappa shape index (κ1) is 20.6. The maximum atomic E-state index is 10.5. The van der Waals surface area contributed by atoms with Crippen LogP contribution in [0, 0.1) is 0 Å². The summed E-state index contributed by atoms with van der Waals surface area (Å²) in [5.41, 5.74) is 7.54. The highest BCUT2D eigenvalue weighted by molar-refractivity contribution is 9.10. The van der Waals surface area contributed by atoms with Crippen molar-refractivity contribution in [1.29, 1.82) is 0 Å². The first-order valence-electron chi connectivity index (χ1n) is 7.79. The number of anilines is 1. The zero-order valence-corrected chi connectivity index (χ0v) is 16.6. The van der Waals surface area contributed by atoms with Gasteiger partial charge in [0, 0.05) is 10.2 Å². The maximum absolute atomic E-state index is 10.5. The second-order valence-electron chi connectivity index (χ2n) is 5.25. The molecule has 0 radical (unpaired) electrons. The maximum Gasteiger partial charge on any atom is 0.294 e. The Morgan fingerprint density at radius 3 is 1.93 bits per heavy atom. The van der Waals surface area contributed by atoms with E-state index in [1.165, 1.54) is 12.1 Å². The Morgan fingerprint density at radius 1 is 0.889 bits per heavy atom. The van der Waals surface area contributed by atoms with Gasteiger partial charge in [-0.15, -0.1) is 0 Å². The second-order valence-corrected chi connectivity index (χ2v) is 7.59. The van der Waals surface area contributed by atoms with Gasteiger partial charge < -0.3 is 11.1 Å². The van der Waals surface area contributed by atoms with Crippen LogP contribution in [0.2, 0.25) is 0 Å². The number of rotatable bonds is 3. The highest BCUT2D eigenvalue weighted by Crippen LogP contribution is 2.14. The summed E-state index contributed by atoms with van der Waals surface area (Å²) in [6, 6.07) is 25.0. The molecule has 0 fully saturated rings. The van der Waals surface area contributed by atoms with Crippen LogP contribution in [0.15, 0.2) is 99.3 Å². The Balaban J connectivity index is 0.000000208. The number of hydrogen-bond donors (Lipinski definition) is 3. The minimum Gasteiger partial charge on any atom is -0.369 e. The van der Waals surface area contributed by atoms with E-state index in [4.69, 9.17) is 10.3 Å². The summed E-state index contributed by atoms with van der Waals surface area (Å²) in [6.45, 7) is 0. The molecule has 27 heavy (non-hydrogen) atoms. The van der Waals surface area contributed by atoms with Crippen LogP contribution in [0.1, 0.15) is 0 Å². The number of aliphatic imine (C=N–C) groups is 1. The van der Waals surface area contributed by atoms with Gasteiger partial charge in [0.15, 0.2) is 5.96 Å². The number of nitrogens with zero attached hydrogens (tertiary/aromatic N) is 1. The number of benzene rings is 3. The van der Waals surface area contributed by atoms with Crippen LogP contribution in [0.3, 0.4) is 0 Å². The topological polar surface area (TPSA) is 105 Å². The zero-order chi connectivity index (χ0) is 19.7. The van der Waals surface area contributed by atoms with Gasteiger partial charge in [-0.1, -0.05) is 52.3 Å². The summed E-state index contributed by atoms with van der Waals surface area (Å²) >= 11 is 3.14. The molecule has 0 saturated heterocycles. The van der Waals surface area contributed by atoms with Crippen LogP contribution in [-0.2, 0) is 10.1 Å². The lowest BCUT2D eigenvalue weighted by Crippen LogP contribution is -2.21. The van der Waals surface area contributed by atoms with Crippen molar-refractivity contribution in [2.75, 3.05) is 5.32 Å². The summed E-state index contributed by atoms with van der Waals surface area (Å²) < 4.78 is 30.3. The average molecular weight is 448 g/mol. The number of nitrogens with one attached hydrogen (secondary N) is 1. The smallest absolute Gasteiger partial charge is 0.294 e. The van der Waals surface area contributed by atoms with Gasteiger partial charge in [-0.25, -0.2) is 4.99 Å². The van der Waals surface area contributed by atoms with Gasteiger partial charge in [-0.05, 0) is 48.5 Å². The Kier molecular flexibility index (Phi) is 7.54. The predicted molar refractivity (Wildman–Crippen MR) is 112 cm³/mol. The molecule has 0 saturated carbocycles. The van der Waals surface area contributed by atoms with Crippen LogP contribution in [0.5, 0.6) is 0 Å². The third-order valence-electron chi connectivity index (χ3n) is 3.16.